The fraction of sp³-hybridized carbons (Fsp3) is 0.824. The maximum Gasteiger partial charge on any atom is 1.00 e. The Balaban J connectivity index is 0.000000347. The summed E-state index contributed by atoms with van der Waals surface area (Å²) in [6, 6.07) is 0. The van der Waals surface area contributed by atoms with E-state index in [0.29, 0.717) is 47.8 Å². The number of Topliss-reactive ketones (excluding diaryl/α,β-unsaturated/α-hetero) is 2. The van der Waals surface area contributed by atoms with Crippen LogP contribution < -0.4 is 51.4 Å². The third-order valence-electron chi connectivity index (χ3n) is 4.54. The van der Waals surface area contributed by atoms with E-state index >= 15 is 0 Å². The van der Waals surface area contributed by atoms with Gasteiger partial charge in [0.15, 0.2) is 0 Å². The summed E-state index contributed by atoms with van der Waals surface area (Å²) in [5.74, 6) is 0.481. The van der Waals surface area contributed by atoms with E-state index in [1.165, 1.54) is 25.7 Å². The molecule has 2 aliphatic heterocycles. The van der Waals surface area contributed by atoms with Crippen LogP contribution in [0.4, 0.5) is 0 Å². The second kappa shape index (κ2) is 11.1. The van der Waals surface area contributed by atoms with Crippen LogP contribution in [0, 0.1) is 6.26 Å². The van der Waals surface area contributed by atoms with Crippen molar-refractivity contribution < 1.29 is 75.9 Å². The molecule has 0 unspecified atom stereocenters. The van der Waals surface area contributed by atoms with Crippen molar-refractivity contribution in [3.8, 4) is 0 Å². The molecule has 0 aromatic rings. The van der Waals surface area contributed by atoms with Gasteiger partial charge in [-0.25, -0.2) is 0 Å². The molecule has 2 saturated carbocycles. The minimum absolute atomic E-state index is 0. The summed E-state index contributed by atoms with van der Waals surface area (Å²) in [5.41, 5.74) is 0.689. The van der Waals surface area contributed by atoms with Gasteiger partial charge in [0.05, 0.1) is 36.9 Å². The van der Waals surface area contributed by atoms with Gasteiger partial charge in [-0.3, -0.25) is 9.59 Å². The first kappa shape index (κ1) is 25.2. The number of rotatable bonds is 0. The monoisotopic (exact) mass is 384 g/mol. The minimum atomic E-state index is 0. The zero-order valence-corrected chi connectivity index (χ0v) is 19.2. The Bertz CT molecular complexity index is 356. The summed E-state index contributed by atoms with van der Waals surface area (Å²) in [7, 11) is 0.389. The number of ketones is 2. The van der Waals surface area contributed by atoms with E-state index in [0.717, 1.165) is 13.2 Å². The zero-order chi connectivity index (χ0) is 16.2. The number of epoxide rings is 2. The molecular weight excluding hydrogens is 355 g/mol. The molecule has 2 spiro atoms. The van der Waals surface area contributed by atoms with Crippen LogP contribution in [-0.4, -0.2) is 54.0 Å². The van der Waals surface area contributed by atoms with Gasteiger partial charge in [0.2, 0.25) is 0 Å². The van der Waals surface area contributed by atoms with Gasteiger partial charge in [-0.05, 0) is 25.7 Å². The third-order valence-corrected chi connectivity index (χ3v) is 4.54. The first-order chi connectivity index (χ1) is 10.3. The van der Waals surface area contributed by atoms with Gasteiger partial charge < -0.3 is 14.9 Å². The van der Waals surface area contributed by atoms with Gasteiger partial charge in [-0.1, -0.05) is 0 Å². The van der Waals surface area contributed by atoms with Gasteiger partial charge in [0, 0.05) is 25.7 Å². The van der Waals surface area contributed by atoms with Crippen molar-refractivity contribution in [3.05, 3.63) is 6.26 Å². The van der Waals surface area contributed by atoms with Crippen LogP contribution >= 0.6 is 0 Å². The molecule has 4 fully saturated rings. The van der Waals surface area contributed by atoms with Crippen LogP contribution in [0.1, 0.15) is 51.4 Å². The molecule has 134 valence electrons. The molecule has 0 aromatic heterocycles. The molecule has 0 amide bonds. The molecule has 4 aliphatic rings. The normalized spacial score (nSPS) is 32.7. The molecular formula is C17H29KO5S. The first-order valence-electron chi connectivity index (χ1n) is 8.03. The standard InChI is InChI=1S/C8H12O2.C6H8O2.C3H8S.K.H2O/c1-2-8(6-10-8)4-3-7(1)5-9-7;7-5-1-2-6(8)4-3-5;1-4(2)3;;/h1-6H2;1-4H2;1H2,2-3H3;;1H2/q;;;+1;/p-1. The van der Waals surface area contributed by atoms with E-state index in [9.17, 15) is 9.59 Å². The zero-order valence-electron chi connectivity index (χ0n) is 15.3. The average Bonchev–Trinajstić information content (AvgIpc) is 3.35. The Hall–Kier alpha value is 1.21. The topological polar surface area (TPSA) is 89.2 Å². The molecule has 24 heavy (non-hydrogen) atoms. The fourth-order valence-corrected chi connectivity index (χ4v) is 2.75. The van der Waals surface area contributed by atoms with Gasteiger partial charge in [-0.2, -0.15) is 10.9 Å². The van der Waals surface area contributed by atoms with Crippen LogP contribution in [0.3, 0.4) is 0 Å². The van der Waals surface area contributed by atoms with E-state index in [-0.39, 0.29) is 68.4 Å². The summed E-state index contributed by atoms with van der Waals surface area (Å²) < 4.78 is 10.8. The molecule has 2 heterocycles. The summed E-state index contributed by atoms with van der Waals surface area (Å²) >= 11 is 0. The molecule has 2 aliphatic carbocycles. The van der Waals surface area contributed by atoms with E-state index in [1.54, 1.807) is 0 Å². The number of hydrogen-bond donors (Lipinski definition) is 0. The maximum absolute atomic E-state index is 10.5. The summed E-state index contributed by atoms with van der Waals surface area (Å²) in [6.07, 6.45) is 14.7. The van der Waals surface area contributed by atoms with Gasteiger partial charge >= 0.3 is 51.4 Å². The van der Waals surface area contributed by atoms with E-state index in [2.05, 4.69) is 18.8 Å². The molecule has 0 aromatic carbocycles. The Kier molecular flexibility index (Phi) is 11.7. The molecule has 0 bridgehead atoms. The van der Waals surface area contributed by atoms with Crippen LogP contribution in [0.5, 0.6) is 0 Å². The van der Waals surface area contributed by atoms with Crippen molar-refractivity contribution in [2.75, 3.05) is 25.7 Å². The van der Waals surface area contributed by atoms with Crippen molar-refractivity contribution in [1.82, 2.24) is 0 Å². The largest absolute Gasteiger partial charge is 1.00 e. The second-order valence-corrected chi connectivity index (χ2v) is 8.98. The summed E-state index contributed by atoms with van der Waals surface area (Å²) in [4.78, 5) is 20.9. The molecule has 2 saturated heterocycles. The van der Waals surface area contributed by atoms with Crippen LogP contribution in [0.2, 0.25) is 0 Å². The first-order valence-corrected chi connectivity index (χ1v) is 10.2. The Morgan fingerprint density at radius 2 is 1.04 bits per heavy atom. The van der Waals surface area contributed by atoms with Crippen molar-refractivity contribution in [1.29, 1.82) is 0 Å². The van der Waals surface area contributed by atoms with Crippen molar-refractivity contribution in [2.45, 2.75) is 62.6 Å². The third kappa shape index (κ3) is 9.23. The predicted octanol–water partition coefficient (Wildman–Crippen LogP) is -0.720. The number of ether oxygens (including phenoxy) is 2. The van der Waals surface area contributed by atoms with Crippen LogP contribution in [0.25, 0.3) is 0 Å². The molecule has 0 atom stereocenters. The Labute approximate surface area is 191 Å². The Morgan fingerprint density at radius 1 is 0.833 bits per heavy atom. The number of carbonyl (C=O) groups is 2. The van der Waals surface area contributed by atoms with E-state index < -0.39 is 0 Å². The van der Waals surface area contributed by atoms with Gasteiger partial charge in [-0.15, -0.1) is 6.26 Å². The average molecular weight is 385 g/mol. The molecule has 5 nitrogen and oxygen atoms in total. The van der Waals surface area contributed by atoms with Crippen LogP contribution in [-0.2, 0) is 30.0 Å². The maximum atomic E-state index is 10.5. The minimum Gasteiger partial charge on any atom is -0.870 e. The summed E-state index contributed by atoms with van der Waals surface area (Å²) in [6.45, 7) is 2.03. The van der Waals surface area contributed by atoms with Crippen molar-refractivity contribution in [3.63, 3.8) is 0 Å². The quantitative estimate of drug-likeness (QED) is 0.238. The Morgan fingerprint density at radius 3 is 1.21 bits per heavy atom. The molecule has 4 rings (SSSR count). The predicted molar refractivity (Wildman–Crippen MR) is 90.8 cm³/mol. The molecule has 0 radical (unpaired) electrons. The van der Waals surface area contributed by atoms with Gasteiger partial charge in [0.25, 0.3) is 0 Å². The summed E-state index contributed by atoms with van der Waals surface area (Å²) in [5, 5.41) is 0. The SMILES string of the molecule is C1CC2(CCC13CO3)CO2.O=C1CCC(=O)CC1.[CH2-][S+](C)C.[K+].[OH-]. The van der Waals surface area contributed by atoms with Crippen molar-refractivity contribution >= 4 is 22.5 Å². The smallest absolute Gasteiger partial charge is 0.870 e. The van der Waals surface area contributed by atoms with Crippen molar-refractivity contribution in [2.24, 2.45) is 0 Å². The van der Waals surface area contributed by atoms with E-state index in [1.807, 2.05) is 0 Å². The van der Waals surface area contributed by atoms with Crippen LogP contribution in [0.15, 0.2) is 0 Å². The fourth-order valence-electron chi connectivity index (χ4n) is 2.75. The van der Waals surface area contributed by atoms with Gasteiger partial charge in [0.1, 0.15) is 11.6 Å². The second-order valence-electron chi connectivity index (χ2n) is 7.01. The molecule has 1 N–H and O–H groups in total. The number of carbonyl (C=O) groups excluding carboxylic acids is 2. The van der Waals surface area contributed by atoms with E-state index in [4.69, 9.17) is 9.47 Å². The number of hydrogen-bond acceptors (Lipinski definition) is 5. The molecule has 7 heteroatoms.